The molecule has 3 rings (SSSR count). The van der Waals surface area contributed by atoms with Gasteiger partial charge in [0.15, 0.2) is 0 Å². The van der Waals surface area contributed by atoms with Crippen LogP contribution in [0.5, 0.6) is 0 Å². The number of likely N-dealkylation sites (tertiary alicyclic amines) is 1. The van der Waals surface area contributed by atoms with E-state index in [9.17, 15) is 4.79 Å². The van der Waals surface area contributed by atoms with Crippen molar-refractivity contribution in [2.75, 3.05) is 31.7 Å². The van der Waals surface area contributed by atoms with Crippen LogP contribution in [0.4, 0.5) is 10.5 Å². The molecular weight excluding hydrogens is 306 g/mol. The maximum atomic E-state index is 12.6. The number of carbonyl (C=O) groups excluding carboxylic acids is 1. The number of rotatable bonds is 3. The van der Waals surface area contributed by atoms with Gasteiger partial charge in [-0.1, -0.05) is 12.1 Å². The maximum Gasteiger partial charge on any atom is 0.321 e. The van der Waals surface area contributed by atoms with Crippen LogP contribution in [0.25, 0.3) is 0 Å². The van der Waals surface area contributed by atoms with Crippen molar-refractivity contribution < 1.29 is 4.79 Å². The lowest BCUT2D eigenvalue weighted by molar-refractivity contribution is 0.200. The molecular formula is C18H27N3OS. The SMILES string of the molecule is CSC(C)c1cccc(NC(=O)N2CCC3CCC(C2)N3C)c1. The molecule has 2 aliphatic heterocycles. The molecule has 2 bridgehead atoms. The molecule has 4 nitrogen and oxygen atoms in total. The summed E-state index contributed by atoms with van der Waals surface area (Å²) in [5, 5.41) is 3.53. The molecule has 0 saturated carbocycles. The Balaban J connectivity index is 1.65. The molecule has 3 unspecified atom stereocenters. The normalized spacial score (nSPS) is 26.0. The molecule has 2 amide bonds. The second kappa shape index (κ2) is 7.14. The molecule has 0 spiro atoms. The topological polar surface area (TPSA) is 35.6 Å². The number of urea groups is 1. The number of amides is 2. The molecule has 1 aromatic rings. The van der Waals surface area contributed by atoms with E-state index in [4.69, 9.17) is 0 Å². The first kappa shape index (κ1) is 16.7. The van der Waals surface area contributed by atoms with Crippen LogP contribution in [0.2, 0.25) is 0 Å². The Morgan fingerprint density at radius 2 is 2.09 bits per heavy atom. The van der Waals surface area contributed by atoms with E-state index >= 15 is 0 Å². The monoisotopic (exact) mass is 333 g/mol. The standard InChI is InChI=1S/C18H27N3OS/c1-13(23-3)14-5-4-6-15(11-14)19-18(22)21-10-9-16-7-8-17(12-21)20(16)2/h4-6,11,13,16-17H,7-10,12H2,1-3H3,(H,19,22). The molecule has 2 heterocycles. The highest BCUT2D eigenvalue weighted by Crippen LogP contribution is 2.29. The van der Waals surface area contributed by atoms with Gasteiger partial charge in [-0.15, -0.1) is 0 Å². The van der Waals surface area contributed by atoms with Crippen molar-refractivity contribution in [2.45, 2.75) is 43.5 Å². The van der Waals surface area contributed by atoms with Gasteiger partial charge in [0.1, 0.15) is 0 Å². The first-order valence-electron chi connectivity index (χ1n) is 8.49. The van der Waals surface area contributed by atoms with Gasteiger partial charge in [-0.05, 0) is 57.2 Å². The molecule has 23 heavy (non-hydrogen) atoms. The summed E-state index contributed by atoms with van der Waals surface area (Å²) in [6.45, 7) is 3.89. The molecule has 0 radical (unpaired) electrons. The third-order valence-electron chi connectivity index (χ3n) is 5.40. The number of likely N-dealkylation sites (N-methyl/N-ethyl adjacent to an activating group) is 1. The summed E-state index contributed by atoms with van der Waals surface area (Å²) in [4.78, 5) is 17.1. The Labute approximate surface area is 143 Å². The number of benzene rings is 1. The Morgan fingerprint density at radius 1 is 1.30 bits per heavy atom. The average molecular weight is 334 g/mol. The quantitative estimate of drug-likeness (QED) is 0.913. The average Bonchev–Trinajstić information content (AvgIpc) is 2.79. The fourth-order valence-electron chi connectivity index (χ4n) is 3.70. The molecule has 1 N–H and O–H groups in total. The van der Waals surface area contributed by atoms with Crippen molar-refractivity contribution in [1.82, 2.24) is 9.80 Å². The van der Waals surface area contributed by atoms with E-state index in [1.54, 1.807) is 0 Å². The van der Waals surface area contributed by atoms with Gasteiger partial charge in [0.25, 0.3) is 0 Å². The summed E-state index contributed by atoms with van der Waals surface area (Å²) in [6, 6.07) is 9.44. The number of carbonyl (C=O) groups is 1. The highest BCUT2D eigenvalue weighted by molar-refractivity contribution is 7.98. The van der Waals surface area contributed by atoms with Gasteiger partial charge in [-0.25, -0.2) is 4.79 Å². The first-order chi connectivity index (χ1) is 11.1. The van der Waals surface area contributed by atoms with Crippen molar-refractivity contribution in [3.63, 3.8) is 0 Å². The van der Waals surface area contributed by atoms with Crippen LogP contribution in [0.15, 0.2) is 24.3 Å². The van der Waals surface area contributed by atoms with Crippen molar-refractivity contribution in [3.8, 4) is 0 Å². The predicted molar refractivity (Wildman–Crippen MR) is 98.2 cm³/mol. The van der Waals surface area contributed by atoms with E-state index < -0.39 is 0 Å². The molecule has 0 aromatic heterocycles. The molecule has 1 aromatic carbocycles. The molecule has 5 heteroatoms. The van der Waals surface area contributed by atoms with Gasteiger partial charge < -0.3 is 10.2 Å². The Morgan fingerprint density at radius 3 is 2.87 bits per heavy atom. The van der Waals surface area contributed by atoms with Crippen molar-refractivity contribution in [1.29, 1.82) is 0 Å². The van der Waals surface area contributed by atoms with Crippen LogP contribution in [-0.2, 0) is 0 Å². The lowest BCUT2D eigenvalue weighted by Gasteiger charge is -2.26. The van der Waals surface area contributed by atoms with E-state index in [-0.39, 0.29) is 6.03 Å². The van der Waals surface area contributed by atoms with E-state index in [2.05, 4.69) is 42.6 Å². The lowest BCUT2D eigenvalue weighted by atomic mass is 10.1. The number of nitrogens with one attached hydrogen (secondary N) is 1. The van der Waals surface area contributed by atoms with Crippen molar-refractivity contribution >= 4 is 23.5 Å². The van der Waals surface area contributed by atoms with Crippen LogP contribution in [0.3, 0.4) is 0 Å². The first-order valence-corrected chi connectivity index (χ1v) is 9.78. The zero-order chi connectivity index (χ0) is 16.4. The molecule has 126 valence electrons. The van der Waals surface area contributed by atoms with E-state index in [1.165, 1.54) is 18.4 Å². The highest BCUT2D eigenvalue weighted by Gasteiger charge is 2.35. The summed E-state index contributed by atoms with van der Waals surface area (Å²) in [5.41, 5.74) is 2.15. The second-order valence-electron chi connectivity index (χ2n) is 6.72. The van der Waals surface area contributed by atoms with Crippen molar-refractivity contribution in [3.05, 3.63) is 29.8 Å². The van der Waals surface area contributed by atoms with Gasteiger partial charge in [-0.2, -0.15) is 11.8 Å². The number of hydrogen-bond acceptors (Lipinski definition) is 3. The smallest absolute Gasteiger partial charge is 0.321 e. The second-order valence-corrected chi connectivity index (χ2v) is 7.90. The lowest BCUT2D eigenvalue weighted by Crippen LogP contribution is -2.41. The van der Waals surface area contributed by atoms with E-state index in [1.807, 2.05) is 28.8 Å². The predicted octanol–water partition coefficient (Wildman–Crippen LogP) is 3.81. The molecule has 2 saturated heterocycles. The fourth-order valence-corrected chi connectivity index (χ4v) is 4.12. The van der Waals surface area contributed by atoms with Gasteiger partial charge in [-0.3, -0.25) is 4.90 Å². The summed E-state index contributed by atoms with van der Waals surface area (Å²) in [7, 11) is 2.21. The van der Waals surface area contributed by atoms with Crippen LogP contribution in [0, 0.1) is 0 Å². The third kappa shape index (κ3) is 3.66. The van der Waals surface area contributed by atoms with Crippen molar-refractivity contribution in [2.24, 2.45) is 0 Å². The number of anilines is 1. The molecule has 2 aliphatic rings. The Bertz CT molecular complexity index is 565. The zero-order valence-electron chi connectivity index (χ0n) is 14.3. The Hall–Kier alpha value is -1.20. The molecule has 0 aliphatic carbocycles. The van der Waals surface area contributed by atoms with E-state index in [0.29, 0.717) is 17.3 Å². The fraction of sp³-hybridized carbons (Fsp3) is 0.611. The van der Waals surface area contributed by atoms with Gasteiger partial charge in [0, 0.05) is 36.1 Å². The maximum absolute atomic E-state index is 12.6. The van der Waals surface area contributed by atoms with Gasteiger partial charge in [0.05, 0.1) is 0 Å². The van der Waals surface area contributed by atoms with Gasteiger partial charge in [0.2, 0.25) is 0 Å². The number of nitrogens with zero attached hydrogens (tertiary/aromatic N) is 2. The summed E-state index contributed by atoms with van der Waals surface area (Å²) in [5.74, 6) is 0. The minimum atomic E-state index is 0.0416. The minimum absolute atomic E-state index is 0.0416. The number of thioether (sulfide) groups is 1. The van der Waals surface area contributed by atoms with Gasteiger partial charge >= 0.3 is 6.03 Å². The van der Waals surface area contributed by atoms with E-state index in [0.717, 1.165) is 25.2 Å². The van der Waals surface area contributed by atoms with Crippen LogP contribution >= 0.6 is 11.8 Å². The number of hydrogen-bond donors (Lipinski definition) is 1. The summed E-state index contributed by atoms with van der Waals surface area (Å²) in [6.07, 6.45) is 5.69. The third-order valence-corrected chi connectivity index (χ3v) is 6.38. The largest absolute Gasteiger partial charge is 0.323 e. The highest BCUT2D eigenvalue weighted by atomic mass is 32.2. The summed E-state index contributed by atoms with van der Waals surface area (Å²) >= 11 is 1.82. The minimum Gasteiger partial charge on any atom is -0.323 e. The summed E-state index contributed by atoms with van der Waals surface area (Å²) < 4.78 is 0. The van der Waals surface area contributed by atoms with Crippen LogP contribution in [-0.4, -0.2) is 54.3 Å². The molecule has 3 atom stereocenters. The van der Waals surface area contributed by atoms with Crippen LogP contribution < -0.4 is 5.32 Å². The zero-order valence-corrected chi connectivity index (χ0v) is 15.1. The molecule has 2 fully saturated rings. The van der Waals surface area contributed by atoms with Crippen LogP contribution in [0.1, 0.15) is 37.0 Å². The Kier molecular flexibility index (Phi) is 5.17. The number of fused-ring (bicyclic) bond motifs is 2.